The van der Waals surface area contributed by atoms with Crippen LogP contribution in [0.5, 0.6) is 5.75 Å². The van der Waals surface area contributed by atoms with E-state index >= 15 is 0 Å². The van der Waals surface area contributed by atoms with E-state index in [4.69, 9.17) is 4.74 Å². The number of aromatic nitrogens is 1. The molecule has 1 aromatic rings. The average molecular weight is 220 g/mol. The van der Waals surface area contributed by atoms with E-state index in [1.54, 1.807) is 13.0 Å². The van der Waals surface area contributed by atoms with Crippen LogP contribution in [-0.2, 0) is 0 Å². The van der Waals surface area contributed by atoms with Gasteiger partial charge >= 0.3 is 0 Å². The van der Waals surface area contributed by atoms with E-state index in [9.17, 15) is 4.39 Å². The number of rotatable bonds is 2. The van der Waals surface area contributed by atoms with Crippen LogP contribution >= 0.6 is 15.9 Å². The Kier molecular flexibility index (Phi) is 2.82. The van der Waals surface area contributed by atoms with E-state index < -0.39 is 5.95 Å². The summed E-state index contributed by atoms with van der Waals surface area (Å²) in [7, 11) is 0. The molecule has 0 aliphatic heterocycles. The summed E-state index contributed by atoms with van der Waals surface area (Å²) in [6.07, 6.45) is 1.38. The molecule has 0 amide bonds. The van der Waals surface area contributed by atoms with Crippen LogP contribution < -0.4 is 4.74 Å². The van der Waals surface area contributed by atoms with Crippen molar-refractivity contribution >= 4 is 15.9 Å². The lowest BCUT2D eigenvalue weighted by Crippen LogP contribution is -1.96. The molecule has 0 atom stereocenters. The third kappa shape index (κ3) is 1.89. The van der Waals surface area contributed by atoms with Crippen LogP contribution in [0.4, 0.5) is 4.39 Å². The predicted octanol–water partition coefficient (Wildman–Crippen LogP) is 2.38. The lowest BCUT2D eigenvalue weighted by molar-refractivity contribution is 0.314. The van der Waals surface area contributed by atoms with Gasteiger partial charge in [0.15, 0.2) is 5.75 Å². The van der Waals surface area contributed by atoms with Gasteiger partial charge in [-0.15, -0.1) is 0 Å². The van der Waals surface area contributed by atoms with Crippen molar-refractivity contribution in [2.75, 3.05) is 6.61 Å². The van der Waals surface area contributed by atoms with Gasteiger partial charge in [-0.3, -0.25) is 0 Å². The maximum Gasteiger partial charge on any atom is 0.256 e. The Labute approximate surface area is 72.5 Å². The Balaban J connectivity index is 3.00. The zero-order valence-electron chi connectivity index (χ0n) is 5.97. The van der Waals surface area contributed by atoms with E-state index in [2.05, 4.69) is 20.9 Å². The highest BCUT2D eigenvalue weighted by molar-refractivity contribution is 9.10. The van der Waals surface area contributed by atoms with Crippen LogP contribution in [0.25, 0.3) is 0 Å². The summed E-state index contributed by atoms with van der Waals surface area (Å²) in [5, 5.41) is 0. The predicted molar refractivity (Wildman–Crippen MR) is 43.1 cm³/mol. The van der Waals surface area contributed by atoms with Crippen LogP contribution in [0.2, 0.25) is 0 Å². The molecular weight excluding hydrogens is 213 g/mol. The molecular formula is C7H7BrFNO. The molecule has 0 N–H and O–H groups in total. The molecule has 0 aliphatic rings. The third-order valence-electron chi connectivity index (χ3n) is 1.10. The van der Waals surface area contributed by atoms with E-state index in [0.717, 1.165) is 0 Å². The van der Waals surface area contributed by atoms with Gasteiger partial charge in [0, 0.05) is 6.20 Å². The van der Waals surface area contributed by atoms with Crippen molar-refractivity contribution in [1.82, 2.24) is 4.98 Å². The first-order valence-electron chi connectivity index (χ1n) is 3.18. The van der Waals surface area contributed by atoms with Crippen molar-refractivity contribution in [3.8, 4) is 5.75 Å². The Morgan fingerprint density at radius 3 is 3.00 bits per heavy atom. The van der Waals surface area contributed by atoms with Gasteiger partial charge < -0.3 is 4.74 Å². The van der Waals surface area contributed by atoms with Crippen molar-refractivity contribution in [1.29, 1.82) is 0 Å². The average Bonchev–Trinajstić information content (AvgIpc) is 1.97. The van der Waals surface area contributed by atoms with E-state index in [0.29, 0.717) is 11.1 Å². The first kappa shape index (κ1) is 8.46. The lowest BCUT2D eigenvalue weighted by atomic mass is 10.4. The molecule has 0 unspecified atom stereocenters. The zero-order chi connectivity index (χ0) is 8.27. The smallest absolute Gasteiger partial charge is 0.256 e. The maximum atomic E-state index is 12.8. The maximum absolute atomic E-state index is 12.8. The van der Waals surface area contributed by atoms with Gasteiger partial charge in [-0.25, -0.2) is 4.98 Å². The number of hydrogen-bond donors (Lipinski definition) is 0. The van der Waals surface area contributed by atoms with Crippen LogP contribution in [-0.4, -0.2) is 11.6 Å². The van der Waals surface area contributed by atoms with Crippen molar-refractivity contribution in [3.05, 3.63) is 22.7 Å². The molecule has 0 radical (unpaired) electrons. The van der Waals surface area contributed by atoms with E-state index in [1.807, 2.05) is 0 Å². The number of pyridine rings is 1. The number of nitrogens with zero attached hydrogens (tertiary/aromatic N) is 1. The van der Waals surface area contributed by atoms with Gasteiger partial charge in [-0.1, -0.05) is 0 Å². The minimum Gasteiger partial charge on any atom is -0.488 e. The van der Waals surface area contributed by atoms with Gasteiger partial charge in [0.2, 0.25) is 0 Å². The van der Waals surface area contributed by atoms with Gasteiger partial charge in [-0.2, -0.15) is 4.39 Å². The Morgan fingerprint density at radius 2 is 2.45 bits per heavy atom. The van der Waals surface area contributed by atoms with Crippen LogP contribution in [0, 0.1) is 5.95 Å². The lowest BCUT2D eigenvalue weighted by Gasteiger charge is -2.04. The summed E-state index contributed by atoms with van der Waals surface area (Å²) in [6, 6.07) is 1.63. The minimum absolute atomic E-state index is 0.176. The normalized spacial score (nSPS) is 9.73. The van der Waals surface area contributed by atoms with Gasteiger partial charge in [0.25, 0.3) is 5.95 Å². The Morgan fingerprint density at radius 1 is 1.73 bits per heavy atom. The molecule has 0 spiro atoms. The van der Waals surface area contributed by atoms with Crippen molar-refractivity contribution in [2.24, 2.45) is 0 Å². The second-order valence-corrected chi connectivity index (χ2v) is 2.70. The fourth-order valence-corrected chi connectivity index (χ4v) is 1.07. The van der Waals surface area contributed by atoms with Crippen molar-refractivity contribution in [3.63, 3.8) is 0 Å². The molecule has 1 rings (SSSR count). The monoisotopic (exact) mass is 219 g/mol. The topological polar surface area (TPSA) is 22.1 Å². The summed E-state index contributed by atoms with van der Waals surface area (Å²) in [5.74, 6) is -0.406. The largest absolute Gasteiger partial charge is 0.488 e. The number of hydrogen-bond acceptors (Lipinski definition) is 2. The highest BCUT2D eigenvalue weighted by Crippen LogP contribution is 2.25. The van der Waals surface area contributed by atoms with Crippen molar-refractivity contribution < 1.29 is 9.13 Å². The first-order chi connectivity index (χ1) is 5.25. The summed E-state index contributed by atoms with van der Waals surface area (Å²) in [6.45, 7) is 2.22. The molecule has 11 heavy (non-hydrogen) atoms. The molecule has 0 aliphatic carbocycles. The molecule has 0 bridgehead atoms. The highest BCUT2D eigenvalue weighted by atomic mass is 79.9. The van der Waals surface area contributed by atoms with E-state index in [-0.39, 0.29) is 5.75 Å². The van der Waals surface area contributed by atoms with Crippen molar-refractivity contribution in [2.45, 2.75) is 6.92 Å². The number of halogens is 2. The van der Waals surface area contributed by atoms with Gasteiger partial charge in [-0.05, 0) is 28.9 Å². The first-order valence-corrected chi connectivity index (χ1v) is 3.97. The molecule has 1 aromatic heterocycles. The van der Waals surface area contributed by atoms with Gasteiger partial charge in [0.05, 0.1) is 11.1 Å². The fraction of sp³-hybridized carbons (Fsp3) is 0.286. The second kappa shape index (κ2) is 3.67. The van der Waals surface area contributed by atoms with Crippen LogP contribution in [0.3, 0.4) is 0 Å². The molecule has 2 nitrogen and oxygen atoms in total. The van der Waals surface area contributed by atoms with E-state index in [1.165, 1.54) is 6.20 Å². The summed E-state index contributed by atoms with van der Waals surface area (Å²) < 4.78 is 18.3. The third-order valence-corrected chi connectivity index (χ3v) is 1.73. The molecule has 0 fully saturated rings. The molecule has 0 saturated heterocycles. The fourth-order valence-electron chi connectivity index (χ4n) is 0.674. The molecule has 0 aromatic carbocycles. The SMILES string of the molecule is CCOc1c(Br)ccnc1F. The highest BCUT2D eigenvalue weighted by Gasteiger charge is 2.06. The van der Waals surface area contributed by atoms with Crippen LogP contribution in [0.1, 0.15) is 6.92 Å². The summed E-state index contributed by atoms with van der Waals surface area (Å²) >= 11 is 3.14. The Bertz CT molecular complexity index is 234. The molecule has 60 valence electrons. The summed E-state index contributed by atoms with van der Waals surface area (Å²) in [4.78, 5) is 3.44. The quantitative estimate of drug-likeness (QED) is 0.714. The zero-order valence-corrected chi connectivity index (χ0v) is 7.56. The Hall–Kier alpha value is -0.640. The summed E-state index contributed by atoms with van der Waals surface area (Å²) in [5.41, 5.74) is 0. The minimum atomic E-state index is -0.582. The second-order valence-electron chi connectivity index (χ2n) is 1.85. The molecule has 1 heterocycles. The molecule has 0 saturated carbocycles. The number of ether oxygens (including phenoxy) is 1. The molecule has 4 heteroatoms. The van der Waals surface area contributed by atoms with Crippen LogP contribution in [0.15, 0.2) is 16.7 Å². The van der Waals surface area contributed by atoms with Gasteiger partial charge in [0.1, 0.15) is 0 Å². The standard InChI is InChI=1S/C7H7BrFNO/c1-2-11-6-5(8)3-4-10-7(6)9/h3-4H,2H2,1H3.